The normalized spacial score (nSPS) is 21.5. The van der Waals surface area contributed by atoms with E-state index in [1.807, 2.05) is 0 Å². The van der Waals surface area contributed by atoms with Crippen molar-refractivity contribution < 1.29 is 8.42 Å². The number of hydrogen-bond acceptors (Lipinski definition) is 2. The largest absolute Gasteiger partial charge is 0.218 e. The van der Waals surface area contributed by atoms with Gasteiger partial charge in [0.15, 0.2) is 0 Å². The van der Waals surface area contributed by atoms with E-state index in [-0.39, 0.29) is 5.75 Å². The molecule has 0 radical (unpaired) electrons. The molecule has 0 spiro atoms. The molecule has 1 atom stereocenters. The number of sulfonamides is 1. The van der Waals surface area contributed by atoms with E-state index in [0.717, 1.165) is 12.8 Å². The fourth-order valence-corrected chi connectivity index (χ4v) is 4.32. The van der Waals surface area contributed by atoms with E-state index >= 15 is 0 Å². The van der Waals surface area contributed by atoms with Gasteiger partial charge in [-0.05, 0) is 36.5 Å². The molecule has 106 valence electrons. The summed E-state index contributed by atoms with van der Waals surface area (Å²) in [7, 11) is -3.27. The Morgan fingerprint density at radius 3 is 2.68 bits per heavy atom. The molecule has 1 fully saturated rings. The molecular formula is C13H17Cl2NO2S. The molecule has 3 nitrogen and oxygen atoms in total. The van der Waals surface area contributed by atoms with Gasteiger partial charge in [0.2, 0.25) is 10.0 Å². The van der Waals surface area contributed by atoms with Crippen molar-refractivity contribution in [1.29, 1.82) is 0 Å². The Hall–Kier alpha value is -0.290. The fraction of sp³-hybridized carbons (Fsp3) is 0.538. The molecule has 1 aliphatic heterocycles. The van der Waals surface area contributed by atoms with Crippen LogP contribution in [-0.4, -0.2) is 25.8 Å². The van der Waals surface area contributed by atoms with Crippen LogP contribution < -0.4 is 0 Å². The summed E-state index contributed by atoms with van der Waals surface area (Å²) in [5.41, 5.74) is 0.674. The Morgan fingerprint density at radius 2 is 2.05 bits per heavy atom. The molecule has 0 aromatic heterocycles. The lowest BCUT2D eigenvalue weighted by molar-refractivity contribution is 0.281. The Bertz CT molecular complexity index is 560. The van der Waals surface area contributed by atoms with E-state index in [4.69, 9.17) is 23.2 Å². The first-order valence-corrected chi connectivity index (χ1v) is 8.67. The average molecular weight is 322 g/mol. The summed E-state index contributed by atoms with van der Waals surface area (Å²) >= 11 is 11.7. The van der Waals surface area contributed by atoms with Crippen LogP contribution >= 0.6 is 23.2 Å². The maximum atomic E-state index is 12.3. The Labute approximate surface area is 124 Å². The van der Waals surface area contributed by atoms with E-state index in [9.17, 15) is 8.42 Å². The van der Waals surface area contributed by atoms with Gasteiger partial charge in [-0.25, -0.2) is 12.7 Å². The van der Waals surface area contributed by atoms with Gasteiger partial charge in [0.1, 0.15) is 0 Å². The van der Waals surface area contributed by atoms with Crippen molar-refractivity contribution in [2.75, 3.05) is 13.1 Å². The summed E-state index contributed by atoms with van der Waals surface area (Å²) in [6.45, 7) is 3.32. The third-order valence-corrected chi connectivity index (χ3v) is 5.90. The molecule has 0 N–H and O–H groups in total. The highest BCUT2D eigenvalue weighted by Gasteiger charge is 2.27. The van der Waals surface area contributed by atoms with E-state index in [1.54, 1.807) is 22.5 Å². The van der Waals surface area contributed by atoms with Crippen LogP contribution in [0.3, 0.4) is 0 Å². The number of nitrogens with zero attached hydrogens (tertiary/aromatic N) is 1. The zero-order valence-corrected chi connectivity index (χ0v) is 13.1. The molecule has 0 saturated carbocycles. The van der Waals surface area contributed by atoms with Crippen molar-refractivity contribution in [2.24, 2.45) is 5.92 Å². The number of rotatable bonds is 3. The third-order valence-electron chi connectivity index (χ3n) is 3.35. The second-order valence-corrected chi connectivity index (χ2v) is 7.89. The molecule has 1 aromatic rings. The van der Waals surface area contributed by atoms with Gasteiger partial charge in [-0.3, -0.25) is 0 Å². The quantitative estimate of drug-likeness (QED) is 0.853. The highest BCUT2D eigenvalue weighted by Crippen LogP contribution is 2.25. The molecule has 1 unspecified atom stereocenters. The Balaban J connectivity index is 2.14. The van der Waals surface area contributed by atoms with Gasteiger partial charge < -0.3 is 0 Å². The van der Waals surface area contributed by atoms with E-state index in [2.05, 4.69) is 6.92 Å². The molecule has 1 aromatic carbocycles. The summed E-state index contributed by atoms with van der Waals surface area (Å²) in [5, 5.41) is 0.829. The summed E-state index contributed by atoms with van der Waals surface area (Å²) < 4.78 is 26.3. The monoisotopic (exact) mass is 321 g/mol. The van der Waals surface area contributed by atoms with Crippen molar-refractivity contribution >= 4 is 33.2 Å². The van der Waals surface area contributed by atoms with Gasteiger partial charge in [-0.15, -0.1) is 0 Å². The van der Waals surface area contributed by atoms with Gasteiger partial charge in [0.05, 0.1) is 15.8 Å². The topological polar surface area (TPSA) is 37.4 Å². The molecule has 0 amide bonds. The molecule has 0 aliphatic carbocycles. The minimum absolute atomic E-state index is 0.0173. The molecule has 2 rings (SSSR count). The molecule has 0 bridgehead atoms. The van der Waals surface area contributed by atoms with Gasteiger partial charge in [0, 0.05) is 13.1 Å². The maximum Gasteiger partial charge on any atom is 0.218 e. The van der Waals surface area contributed by atoms with Gasteiger partial charge >= 0.3 is 0 Å². The van der Waals surface area contributed by atoms with E-state index in [1.165, 1.54) is 0 Å². The average Bonchev–Trinajstić information content (AvgIpc) is 2.33. The zero-order valence-electron chi connectivity index (χ0n) is 10.8. The molecular weight excluding hydrogens is 305 g/mol. The first-order chi connectivity index (χ1) is 8.88. The van der Waals surface area contributed by atoms with Gasteiger partial charge in [0.25, 0.3) is 0 Å². The van der Waals surface area contributed by atoms with Crippen LogP contribution in [0.4, 0.5) is 0 Å². The smallest absolute Gasteiger partial charge is 0.212 e. The fourth-order valence-electron chi connectivity index (χ4n) is 2.33. The standard InChI is InChI=1S/C13H17Cl2NO2S/c1-10-3-2-6-16(8-10)19(17,18)9-11-4-5-12(14)13(15)7-11/h4-5,7,10H,2-3,6,8-9H2,1H3. The highest BCUT2D eigenvalue weighted by molar-refractivity contribution is 7.88. The number of piperidine rings is 1. The number of benzene rings is 1. The van der Waals surface area contributed by atoms with Crippen molar-refractivity contribution in [3.63, 3.8) is 0 Å². The molecule has 19 heavy (non-hydrogen) atoms. The minimum atomic E-state index is -3.27. The lowest BCUT2D eigenvalue weighted by Crippen LogP contribution is -2.39. The summed E-state index contributed by atoms with van der Waals surface area (Å²) in [5.74, 6) is 0.411. The Kier molecular flexibility index (Phi) is 4.77. The van der Waals surface area contributed by atoms with E-state index in [0.29, 0.717) is 34.6 Å². The highest BCUT2D eigenvalue weighted by atomic mass is 35.5. The third kappa shape index (κ3) is 3.85. The molecule has 6 heteroatoms. The van der Waals surface area contributed by atoms with Gasteiger partial charge in [-0.2, -0.15) is 0 Å². The predicted molar refractivity (Wildman–Crippen MR) is 79.1 cm³/mol. The van der Waals surface area contributed by atoms with Crippen LogP contribution in [0, 0.1) is 5.92 Å². The summed E-state index contributed by atoms with van der Waals surface area (Å²) in [6.07, 6.45) is 2.03. The lowest BCUT2D eigenvalue weighted by atomic mass is 10.0. The van der Waals surface area contributed by atoms with E-state index < -0.39 is 10.0 Å². The van der Waals surface area contributed by atoms with Crippen molar-refractivity contribution in [3.05, 3.63) is 33.8 Å². The van der Waals surface area contributed by atoms with Crippen LogP contribution in [0.25, 0.3) is 0 Å². The number of hydrogen-bond donors (Lipinski definition) is 0. The van der Waals surface area contributed by atoms with Crippen LogP contribution in [0.1, 0.15) is 25.3 Å². The first kappa shape index (κ1) is 15.1. The minimum Gasteiger partial charge on any atom is -0.212 e. The zero-order chi connectivity index (χ0) is 14.0. The predicted octanol–water partition coefficient (Wildman–Crippen LogP) is 3.56. The molecule has 1 aliphatic rings. The lowest BCUT2D eigenvalue weighted by Gasteiger charge is -2.30. The second-order valence-electron chi connectivity index (χ2n) is 5.11. The molecule has 1 heterocycles. The Morgan fingerprint density at radius 1 is 1.32 bits per heavy atom. The number of halogens is 2. The molecule has 1 saturated heterocycles. The van der Waals surface area contributed by atoms with Crippen molar-refractivity contribution in [1.82, 2.24) is 4.31 Å². The SMILES string of the molecule is CC1CCCN(S(=O)(=O)Cc2ccc(Cl)c(Cl)c2)C1. The second kappa shape index (κ2) is 6.00. The maximum absolute atomic E-state index is 12.3. The van der Waals surface area contributed by atoms with Crippen LogP contribution in [-0.2, 0) is 15.8 Å². The summed E-state index contributed by atoms with van der Waals surface area (Å²) in [4.78, 5) is 0. The van der Waals surface area contributed by atoms with Crippen molar-refractivity contribution in [2.45, 2.75) is 25.5 Å². The summed E-state index contributed by atoms with van der Waals surface area (Å²) in [6, 6.07) is 4.96. The van der Waals surface area contributed by atoms with Crippen molar-refractivity contribution in [3.8, 4) is 0 Å². The first-order valence-electron chi connectivity index (χ1n) is 6.30. The van der Waals surface area contributed by atoms with Crippen LogP contribution in [0.2, 0.25) is 10.0 Å². The van der Waals surface area contributed by atoms with Gasteiger partial charge in [-0.1, -0.05) is 36.2 Å². The van der Waals surface area contributed by atoms with Crippen LogP contribution in [0.15, 0.2) is 18.2 Å². The van der Waals surface area contributed by atoms with Crippen LogP contribution in [0.5, 0.6) is 0 Å².